The molecule has 0 aromatic heterocycles. The molecule has 1 saturated carbocycles. The summed E-state index contributed by atoms with van der Waals surface area (Å²) in [6.45, 7) is 6.39. The summed E-state index contributed by atoms with van der Waals surface area (Å²) >= 11 is 0. The minimum Gasteiger partial charge on any atom is -0.464 e. The minimum atomic E-state index is -0.265. The molecule has 0 aliphatic heterocycles. The van der Waals surface area contributed by atoms with E-state index in [9.17, 15) is 4.79 Å². The van der Waals surface area contributed by atoms with E-state index in [-0.39, 0.29) is 18.2 Å². The number of carbonyl (C=O) groups excluding carboxylic acids is 1. The highest BCUT2D eigenvalue weighted by atomic mass is 16.6. The van der Waals surface area contributed by atoms with Crippen LogP contribution in [0.5, 0.6) is 0 Å². The molecule has 76 valence electrons. The molecule has 0 heterocycles. The van der Waals surface area contributed by atoms with Gasteiger partial charge in [-0.25, -0.2) is 4.79 Å². The minimum absolute atomic E-state index is 0.0657. The molecule has 0 atom stereocenters. The summed E-state index contributed by atoms with van der Waals surface area (Å²) in [5.74, 6) is 0.375. The van der Waals surface area contributed by atoms with Crippen molar-refractivity contribution in [3.05, 3.63) is 0 Å². The summed E-state index contributed by atoms with van der Waals surface area (Å²) < 4.78 is 10.3. The average molecular weight is 186 g/mol. The molecule has 1 rings (SSSR count). The Morgan fingerprint density at radius 3 is 2.46 bits per heavy atom. The van der Waals surface area contributed by atoms with E-state index in [2.05, 4.69) is 0 Å². The van der Waals surface area contributed by atoms with Crippen LogP contribution in [0.15, 0.2) is 0 Å². The maximum Gasteiger partial charge on any atom is 0.332 e. The van der Waals surface area contributed by atoms with Crippen LogP contribution in [0.4, 0.5) is 0 Å². The van der Waals surface area contributed by atoms with Crippen molar-refractivity contribution in [1.82, 2.24) is 0 Å². The number of rotatable bonds is 4. The zero-order chi connectivity index (χ0) is 9.90. The highest BCUT2D eigenvalue weighted by Crippen LogP contribution is 2.28. The molecule has 0 aromatic carbocycles. The number of hydrogen-bond donors (Lipinski definition) is 0. The summed E-state index contributed by atoms with van der Waals surface area (Å²) in [5, 5.41) is 0. The summed E-state index contributed by atoms with van der Waals surface area (Å²) in [5.41, 5.74) is -0.265. The Kier molecular flexibility index (Phi) is 3.31. The van der Waals surface area contributed by atoms with Crippen LogP contribution < -0.4 is 0 Å². The van der Waals surface area contributed by atoms with Crippen LogP contribution in [-0.2, 0) is 14.3 Å². The van der Waals surface area contributed by atoms with Crippen LogP contribution in [0.1, 0.15) is 33.6 Å². The molecular weight excluding hydrogens is 168 g/mol. The fourth-order valence-corrected chi connectivity index (χ4v) is 0.812. The summed E-state index contributed by atoms with van der Waals surface area (Å²) in [6, 6.07) is 0. The highest BCUT2D eigenvalue weighted by molar-refractivity contribution is 5.70. The van der Waals surface area contributed by atoms with Gasteiger partial charge in [0.05, 0.1) is 12.2 Å². The maximum atomic E-state index is 11.1. The zero-order valence-corrected chi connectivity index (χ0v) is 8.63. The first-order valence-electron chi connectivity index (χ1n) is 4.77. The first-order chi connectivity index (χ1) is 5.97. The van der Waals surface area contributed by atoms with E-state index in [1.807, 2.05) is 20.8 Å². The standard InChI is InChI=1S/C10H18O3/c1-10(2,3)13-7-9(11)12-6-8-4-5-8/h8H,4-7H2,1-3H3. The molecule has 13 heavy (non-hydrogen) atoms. The Morgan fingerprint density at radius 1 is 1.38 bits per heavy atom. The van der Waals surface area contributed by atoms with Crippen LogP contribution >= 0.6 is 0 Å². The van der Waals surface area contributed by atoms with Gasteiger partial charge in [-0.05, 0) is 39.5 Å². The molecule has 0 radical (unpaired) electrons. The molecule has 3 nitrogen and oxygen atoms in total. The Balaban J connectivity index is 2.03. The van der Waals surface area contributed by atoms with Crippen molar-refractivity contribution >= 4 is 5.97 Å². The number of ether oxygens (including phenoxy) is 2. The van der Waals surface area contributed by atoms with Gasteiger partial charge in [-0.1, -0.05) is 0 Å². The van der Waals surface area contributed by atoms with Crippen LogP contribution in [-0.4, -0.2) is 24.8 Å². The van der Waals surface area contributed by atoms with E-state index in [0.29, 0.717) is 12.5 Å². The predicted molar refractivity (Wildman–Crippen MR) is 49.4 cm³/mol. The Morgan fingerprint density at radius 2 is 2.00 bits per heavy atom. The van der Waals surface area contributed by atoms with Crippen molar-refractivity contribution in [3.63, 3.8) is 0 Å². The summed E-state index contributed by atoms with van der Waals surface area (Å²) in [7, 11) is 0. The lowest BCUT2D eigenvalue weighted by Gasteiger charge is -2.18. The maximum absolute atomic E-state index is 11.1. The monoisotopic (exact) mass is 186 g/mol. The van der Waals surface area contributed by atoms with Gasteiger partial charge in [0, 0.05) is 0 Å². The van der Waals surface area contributed by atoms with Gasteiger partial charge in [-0.3, -0.25) is 0 Å². The highest BCUT2D eigenvalue weighted by Gasteiger charge is 2.23. The van der Waals surface area contributed by atoms with Gasteiger partial charge in [-0.15, -0.1) is 0 Å². The van der Waals surface area contributed by atoms with E-state index in [0.717, 1.165) is 0 Å². The van der Waals surface area contributed by atoms with Crippen LogP contribution in [0, 0.1) is 5.92 Å². The average Bonchev–Trinajstić information content (AvgIpc) is 2.78. The first-order valence-corrected chi connectivity index (χ1v) is 4.77. The summed E-state index contributed by atoms with van der Waals surface area (Å²) in [6.07, 6.45) is 2.40. The van der Waals surface area contributed by atoms with Gasteiger partial charge in [-0.2, -0.15) is 0 Å². The van der Waals surface area contributed by atoms with Gasteiger partial charge < -0.3 is 9.47 Å². The smallest absolute Gasteiger partial charge is 0.332 e. The Bertz CT molecular complexity index is 177. The number of hydrogen-bond acceptors (Lipinski definition) is 3. The number of carbonyl (C=O) groups is 1. The van der Waals surface area contributed by atoms with Gasteiger partial charge in [0.15, 0.2) is 0 Å². The Labute approximate surface area is 79.4 Å². The van der Waals surface area contributed by atoms with Crippen LogP contribution in [0.3, 0.4) is 0 Å². The fraction of sp³-hybridized carbons (Fsp3) is 0.900. The molecule has 0 amide bonds. The first kappa shape index (κ1) is 10.5. The largest absolute Gasteiger partial charge is 0.464 e. The van der Waals surface area contributed by atoms with Gasteiger partial charge >= 0.3 is 5.97 Å². The fourth-order valence-electron chi connectivity index (χ4n) is 0.812. The molecule has 0 saturated heterocycles. The predicted octanol–water partition coefficient (Wildman–Crippen LogP) is 1.75. The van der Waals surface area contributed by atoms with E-state index < -0.39 is 0 Å². The normalized spacial score (nSPS) is 17.2. The van der Waals surface area contributed by atoms with E-state index in [1.165, 1.54) is 12.8 Å². The second-order valence-corrected chi connectivity index (χ2v) is 4.53. The topological polar surface area (TPSA) is 35.5 Å². The van der Waals surface area contributed by atoms with Crippen molar-refractivity contribution < 1.29 is 14.3 Å². The van der Waals surface area contributed by atoms with Crippen molar-refractivity contribution in [2.45, 2.75) is 39.2 Å². The number of esters is 1. The second kappa shape index (κ2) is 4.09. The molecule has 1 aliphatic rings. The van der Waals surface area contributed by atoms with Crippen LogP contribution in [0.25, 0.3) is 0 Å². The third kappa shape index (κ3) is 5.64. The molecular formula is C10H18O3. The van der Waals surface area contributed by atoms with E-state index >= 15 is 0 Å². The second-order valence-electron chi connectivity index (χ2n) is 4.53. The molecule has 0 aromatic rings. The zero-order valence-electron chi connectivity index (χ0n) is 8.63. The third-order valence-corrected chi connectivity index (χ3v) is 1.80. The molecule has 1 aliphatic carbocycles. The summed E-state index contributed by atoms with van der Waals surface area (Å²) in [4.78, 5) is 11.1. The SMILES string of the molecule is CC(C)(C)OCC(=O)OCC1CC1. The third-order valence-electron chi connectivity index (χ3n) is 1.80. The molecule has 1 fully saturated rings. The van der Waals surface area contributed by atoms with Gasteiger partial charge in [0.25, 0.3) is 0 Å². The van der Waals surface area contributed by atoms with Gasteiger partial charge in [0.2, 0.25) is 0 Å². The molecule has 0 unspecified atom stereocenters. The molecule has 0 spiro atoms. The molecule has 0 bridgehead atoms. The van der Waals surface area contributed by atoms with Crippen molar-refractivity contribution in [2.24, 2.45) is 5.92 Å². The lowest BCUT2D eigenvalue weighted by molar-refractivity contribution is -0.154. The van der Waals surface area contributed by atoms with Crippen molar-refractivity contribution in [3.8, 4) is 0 Å². The molecule has 0 N–H and O–H groups in total. The lowest BCUT2D eigenvalue weighted by atomic mass is 10.2. The van der Waals surface area contributed by atoms with E-state index in [4.69, 9.17) is 9.47 Å². The van der Waals surface area contributed by atoms with Crippen molar-refractivity contribution in [1.29, 1.82) is 0 Å². The van der Waals surface area contributed by atoms with Gasteiger partial charge in [0.1, 0.15) is 6.61 Å². The van der Waals surface area contributed by atoms with Crippen molar-refractivity contribution in [2.75, 3.05) is 13.2 Å². The quantitative estimate of drug-likeness (QED) is 0.627. The van der Waals surface area contributed by atoms with E-state index in [1.54, 1.807) is 0 Å². The lowest BCUT2D eigenvalue weighted by Crippen LogP contribution is -2.25. The molecule has 3 heteroatoms. The Hall–Kier alpha value is -0.570. The van der Waals surface area contributed by atoms with Crippen LogP contribution in [0.2, 0.25) is 0 Å².